The number of hydrogen-bond acceptors (Lipinski definition) is 5. The van der Waals surface area contributed by atoms with Gasteiger partial charge in [-0.3, -0.25) is 9.59 Å². The molecule has 1 N–H and O–H groups in total. The van der Waals surface area contributed by atoms with E-state index in [2.05, 4.69) is 5.32 Å². The van der Waals surface area contributed by atoms with Crippen LogP contribution in [0.4, 0.5) is 5.69 Å². The molecule has 0 bridgehead atoms. The third-order valence-electron chi connectivity index (χ3n) is 3.89. The Hall–Kier alpha value is -2.57. The first-order chi connectivity index (χ1) is 11.7. The molecule has 0 spiro atoms. The zero-order chi connectivity index (χ0) is 17.4. The van der Waals surface area contributed by atoms with Gasteiger partial charge in [0.1, 0.15) is 0 Å². The van der Waals surface area contributed by atoms with E-state index in [0.717, 1.165) is 6.41 Å². The van der Waals surface area contributed by atoms with Crippen LogP contribution in [0.3, 0.4) is 0 Å². The molecule has 0 aliphatic carbocycles. The topological polar surface area (TPSA) is 79.0 Å². The predicted octanol–water partition coefficient (Wildman–Crippen LogP) is 0.966. The molecule has 0 unspecified atom stereocenters. The van der Waals surface area contributed by atoms with Crippen LogP contribution in [-0.4, -0.2) is 67.4 Å². The molecule has 2 amide bonds. The zero-order valence-electron chi connectivity index (χ0n) is 13.9. The summed E-state index contributed by atoms with van der Waals surface area (Å²) in [5.41, 5.74) is 1.13. The van der Waals surface area contributed by atoms with Gasteiger partial charge >= 0.3 is 5.97 Å². The lowest BCUT2D eigenvalue weighted by Crippen LogP contribution is -2.48. The summed E-state index contributed by atoms with van der Waals surface area (Å²) >= 11 is 0. The van der Waals surface area contributed by atoms with Crippen LogP contribution in [0.2, 0.25) is 0 Å². The van der Waals surface area contributed by atoms with Gasteiger partial charge < -0.3 is 19.9 Å². The van der Waals surface area contributed by atoms with Gasteiger partial charge in [-0.05, 0) is 19.1 Å². The molecule has 0 aromatic heterocycles. The van der Waals surface area contributed by atoms with Crippen molar-refractivity contribution < 1.29 is 19.1 Å². The fraction of sp³-hybridized carbons (Fsp3) is 0.471. The van der Waals surface area contributed by atoms with Crippen LogP contribution in [0.25, 0.3) is 0 Å². The highest BCUT2D eigenvalue weighted by atomic mass is 16.5. The van der Waals surface area contributed by atoms with Crippen LogP contribution in [0.1, 0.15) is 23.7 Å². The van der Waals surface area contributed by atoms with Crippen molar-refractivity contribution in [3.05, 3.63) is 29.8 Å². The first-order valence-electron chi connectivity index (χ1n) is 8.13. The number of para-hydroxylation sites is 1. The molecule has 1 saturated heterocycles. The second-order valence-corrected chi connectivity index (χ2v) is 5.46. The molecule has 0 radical (unpaired) electrons. The average molecular weight is 333 g/mol. The van der Waals surface area contributed by atoms with E-state index in [-0.39, 0.29) is 11.9 Å². The van der Waals surface area contributed by atoms with Crippen LogP contribution in [0.15, 0.2) is 24.3 Å². The van der Waals surface area contributed by atoms with Crippen LogP contribution < -0.4 is 5.32 Å². The number of piperazine rings is 1. The molecule has 0 atom stereocenters. The van der Waals surface area contributed by atoms with Gasteiger partial charge in [0.15, 0.2) is 0 Å². The standard InChI is InChI=1S/C17H23N3O4/c1-2-24-17(23)14-5-3-4-6-15(14)18-8-7-16(22)20-11-9-19(13-21)10-12-20/h3-6,13,18H,2,7-12H2,1H3. The lowest BCUT2D eigenvalue weighted by Gasteiger charge is -2.32. The maximum Gasteiger partial charge on any atom is 0.340 e. The molecule has 1 fully saturated rings. The normalized spacial score (nSPS) is 14.2. The van der Waals surface area contributed by atoms with E-state index in [1.54, 1.807) is 34.9 Å². The Morgan fingerprint density at radius 3 is 2.58 bits per heavy atom. The summed E-state index contributed by atoms with van der Waals surface area (Å²) in [6.45, 7) is 4.80. The Kier molecular flexibility index (Phi) is 6.60. The Labute approximate surface area is 141 Å². The van der Waals surface area contributed by atoms with E-state index in [1.165, 1.54) is 0 Å². The summed E-state index contributed by atoms with van der Waals surface area (Å²) in [5, 5.41) is 3.13. The molecule has 1 aliphatic rings. The number of anilines is 1. The van der Waals surface area contributed by atoms with Gasteiger partial charge in [0.05, 0.1) is 12.2 Å². The Bertz CT molecular complexity index is 583. The number of hydrogen-bond donors (Lipinski definition) is 1. The largest absolute Gasteiger partial charge is 0.462 e. The second kappa shape index (κ2) is 8.90. The van der Waals surface area contributed by atoms with Crippen molar-refractivity contribution in [2.24, 2.45) is 0 Å². The van der Waals surface area contributed by atoms with Crippen LogP contribution in [0.5, 0.6) is 0 Å². The number of esters is 1. The SMILES string of the molecule is CCOC(=O)c1ccccc1NCCC(=O)N1CCN(C=O)CC1. The number of nitrogens with zero attached hydrogens (tertiary/aromatic N) is 2. The Morgan fingerprint density at radius 2 is 1.92 bits per heavy atom. The fourth-order valence-electron chi connectivity index (χ4n) is 2.56. The summed E-state index contributed by atoms with van der Waals surface area (Å²) in [4.78, 5) is 38.2. The summed E-state index contributed by atoms with van der Waals surface area (Å²) in [6, 6.07) is 7.08. The van der Waals surface area contributed by atoms with Crippen molar-refractivity contribution >= 4 is 24.0 Å². The van der Waals surface area contributed by atoms with Crippen molar-refractivity contribution in [2.75, 3.05) is 44.6 Å². The minimum absolute atomic E-state index is 0.0432. The summed E-state index contributed by atoms with van der Waals surface area (Å²) in [5.74, 6) is -0.335. The number of ether oxygens (including phenoxy) is 1. The second-order valence-electron chi connectivity index (χ2n) is 5.46. The predicted molar refractivity (Wildman–Crippen MR) is 89.7 cm³/mol. The van der Waals surface area contributed by atoms with Crippen LogP contribution in [0, 0.1) is 0 Å². The summed E-state index contributed by atoms with van der Waals surface area (Å²) < 4.78 is 5.02. The van der Waals surface area contributed by atoms with E-state index < -0.39 is 0 Å². The van der Waals surface area contributed by atoms with Gasteiger partial charge in [0.25, 0.3) is 0 Å². The third-order valence-corrected chi connectivity index (χ3v) is 3.89. The molecule has 1 aromatic carbocycles. The number of amides is 2. The highest BCUT2D eigenvalue weighted by molar-refractivity contribution is 5.95. The molecule has 130 valence electrons. The molecule has 0 saturated carbocycles. The van der Waals surface area contributed by atoms with Crippen molar-refractivity contribution in [3.63, 3.8) is 0 Å². The lowest BCUT2D eigenvalue weighted by atomic mass is 10.1. The molecule has 7 heteroatoms. The maximum atomic E-state index is 12.2. The van der Waals surface area contributed by atoms with Crippen molar-refractivity contribution in [1.82, 2.24) is 9.80 Å². The van der Waals surface area contributed by atoms with E-state index in [1.807, 2.05) is 6.07 Å². The third kappa shape index (κ3) is 4.71. The van der Waals surface area contributed by atoms with E-state index >= 15 is 0 Å². The first kappa shape index (κ1) is 17.8. The van der Waals surface area contributed by atoms with Crippen LogP contribution >= 0.6 is 0 Å². The van der Waals surface area contributed by atoms with E-state index in [0.29, 0.717) is 57.0 Å². The van der Waals surface area contributed by atoms with Gasteiger partial charge in [-0.2, -0.15) is 0 Å². The number of carbonyl (C=O) groups is 3. The van der Waals surface area contributed by atoms with Crippen molar-refractivity contribution in [1.29, 1.82) is 0 Å². The van der Waals surface area contributed by atoms with Crippen molar-refractivity contribution in [2.45, 2.75) is 13.3 Å². The minimum Gasteiger partial charge on any atom is -0.462 e. The molecule has 2 rings (SSSR count). The van der Waals surface area contributed by atoms with E-state index in [4.69, 9.17) is 4.74 Å². The average Bonchev–Trinajstić information content (AvgIpc) is 2.62. The van der Waals surface area contributed by atoms with E-state index in [9.17, 15) is 14.4 Å². The summed E-state index contributed by atoms with van der Waals surface area (Å²) in [7, 11) is 0. The smallest absolute Gasteiger partial charge is 0.340 e. The first-order valence-corrected chi connectivity index (χ1v) is 8.13. The molecule has 1 heterocycles. The highest BCUT2D eigenvalue weighted by Gasteiger charge is 2.19. The minimum atomic E-state index is -0.378. The zero-order valence-corrected chi connectivity index (χ0v) is 13.9. The number of rotatable bonds is 7. The molecular formula is C17H23N3O4. The molecule has 7 nitrogen and oxygen atoms in total. The number of carbonyl (C=O) groups excluding carboxylic acids is 3. The van der Waals surface area contributed by atoms with Crippen LogP contribution in [-0.2, 0) is 14.3 Å². The maximum absolute atomic E-state index is 12.2. The quantitative estimate of drug-likeness (QED) is 0.594. The molecule has 1 aromatic rings. The Balaban J connectivity index is 1.83. The van der Waals surface area contributed by atoms with Gasteiger partial charge in [-0.15, -0.1) is 0 Å². The van der Waals surface area contributed by atoms with Gasteiger partial charge in [-0.25, -0.2) is 4.79 Å². The van der Waals surface area contributed by atoms with Gasteiger partial charge in [0.2, 0.25) is 12.3 Å². The monoisotopic (exact) mass is 333 g/mol. The number of benzene rings is 1. The Morgan fingerprint density at radius 1 is 1.21 bits per heavy atom. The van der Waals surface area contributed by atoms with Crippen molar-refractivity contribution in [3.8, 4) is 0 Å². The van der Waals surface area contributed by atoms with Gasteiger partial charge in [0, 0.05) is 44.8 Å². The van der Waals surface area contributed by atoms with Gasteiger partial charge in [-0.1, -0.05) is 12.1 Å². The lowest BCUT2D eigenvalue weighted by molar-refractivity contribution is -0.134. The fourth-order valence-corrected chi connectivity index (χ4v) is 2.56. The number of nitrogens with one attached hydrogen (secondary N) is 1. The summed E-state index contributed by atoms with van der Waals surface area (Å²) in [6.07, 6.45) is 1.15. The molecule has 1 aliphatic heterocycles. The molecule has 24 heavy (non-hydrogen) atoms. The highest BCUT2D eigenvalue weighted by Crippen LogP contribution is 2.16. The molecular weight excluding hydrogens is 310 g/mol.